The number of esters is 2. The van der Waals surface area contributed by atoms with E-state index >= 15 is 0 Å². The zero-order chi connectivity index (χ0) is 26.8. The largest absolute Gasteiger partial charge is 0.462 e. The van der Waals surface area contributed by atoms with Crippen LogP contribution in [0.3, 0.4) is 0 Å². The van der Waals surface area contributed by atoms with E-state index in [0.717, 1.165) is 51.4 Å². The Bertz CT molecular complexity index is 1050. The average molecular weight is 513 g/mol. The molecule has 0 aromatic heterocycles. The first-order chi connectivity index (χ1) is 17.6. The molecule has 5 atom stereocenters. The minimum Gasteiger partial charge on any atom is -0.462 e. The van der Waals surface area contributed by atoms with Gasteiger partial charge in [-0.05, 0) is 75.4 Å². The normalized spacial score (nSPS) is 31.1. The number of aliphatic hydroxyl groups excluding tert-OH is 1. The molecule has 7 heteroatoms. The first kappa shape index (κ1) is 27.5. The van der Waals surface area contributed by atoms with Crippen molar-refractivity contribution in [3.8, 4) is 0 Å². The number of rotatable bonds is 10. The van der Waals surface area contributed by atoms with Crippen LogP contribution in [-0.4, -0.2) is 47.9 Å². The quantitative estimate of drug-likeness (QED) is 0.260. The molecule has 0 saturated heterocycles. The second-order valence-corrected chi connectivity index (χ2v) is 11.5. The summed E-state index contributed by atoms with van der Waals surface area (Å²) in [6.07, 6.45) is 12.0. The van der Waals surface area contributed by atoms with Crippen molar-refractivity contribution in [2.24, 2.45) is 22.7 Å². The maximum atomic E-state index is 13.2. The van der Waals surface area contributed by atoms with Gasteiger partial charge in [-0.1, -0.05) is 49.5 Å². The van der Waals surface area contributed by atoms with Crippen molar-refractivity contribution in [2.75, 3.05) is 13.2 Å². The number of hydrogen-bond acceptors (Lipinski definition) is 7. The van der Waals surface area contributed by atoms with Crippen LogP contribution < -0.4 is 0 Å². The Morgan fingerprint density at radius 1 is 1.11 bits per heavy atom. The zero-order valence-electron chi connectivity index (χ0n) is 22.3. The Labute approximate surface area is 219 Å². The van der Waals surface area contributed by atoms with Crippen molar-refractivity contribution in [2.45, 2.75) is 91.1 Å². The molecule has 0 aromatic rings. The third-order valence-corrected chi connectivity index (χ3v) is 9.32. The lowest BCUT2D eigenvalue weighted by Crippen LogP contribution is -2.42. The monoisotopic (exact) mass is 512 g/mol. The van der Waals surface area contributed by atoms with Gasteiger partial charge < -0.3 is 14.6 Å². The number of Topliss-reactive ketones (excluding diaryl/α,β-unsaturated/α-hetero) is 1. The molecule has 37 heavy (non-hydrogen) atoms. The molecule has 0 radical (unpaired) electrons. The van der Waals surface area contributed by atoms with Crippen LogP contribution in [0.5, 0.6) is 0 Å². The van der Waals surface area contributed by atoms with E-state index < -0.39 is 24.6 Å². The van der Waals surface area contributed by atoms with Gasteiger partial charge in [0.15, 0.2) is 17.7 Å². The van der Waals surface area contributed by atoms with E-state index in [2.05, 4.69) is 19.9 Å². The molecule has 1 fully saturated rings. The van der Waals surface area contributed by atoms with Crippen LogP contribution in [0.2, 0.25) is 0 Å². The first-order valence-corrected chi connectivity index (χ1v) is 13.8. The second kappa shape index (κ2) is 11.1. The molecule has 1 unspecified atom stereocenters. The molecule has 1 N–H and O–H groups in total. The smallest absolute Gasteiger partial charge is 0.339 e. The third kappa shape index (κ3) is 5.38. The number of allylic oxidation sites excluding steroid dienone is 6. The lowest BCUT2D eigenvalue weighted by molar-refractivity contribution is -0.163. The lowest BCUT2D eigenvalue weighted by Gasteiger charge is -2.49. The highest BCUT2D eigenvalue weighted by molar-refractivity contribution is 6.01. The van der Waals surface area contributed by atoms with Gasteiger partial charge in [0, 0.05) is 17.8 Å². The first-order valence-electron chi connectivity index (χ1n) is 13.8. The van der Waals surface area contributed by atoms with E-state index in [-0.39, 0.29) is 41.3 Å². The van der Waals surface area contributed by atoms with Crippen LogP contribution in [0.4, 0.5) is 0 Å². The van der Waals surface area contributed by atoms with Crippen molar-refractivity contribution in [1.29, 1.82) is 0 Å². The fraction of sp³-hybridized carbons (Fsp3) is 0.667. The molecule has 0 aliphatic heterocycles. The van der Waals surface area contributed by atoms with Crippen LogP contribution in [0.1, 0.15) is 85.0 Å². The van der Waals surface area contributed by atoms with Gasteiger partial charge in [-0.3, -0.25) is 14.4 Å². The fourth-order valence-electron chi connectivity index (χ4n) is 7.16. The summed E-state index contributed by atoms with van der Waals surface area (Å²) in [7, 11) is 0. The highest BCUT2D eigenvalue weighted by Crippen LogP contribution is 2.63. The lowest BCUT2D eigenvalue weighted by atomic mass is 9.54. The van der Waals surface area contributed by atoms with Crippen LogP contribution in [0.25, 0.3) is 0 Å². The predicted molar refractivity (Wildman–Crippen MR) is 137 cm³/mol. The minimum atomic E-state index is -1.60. The maximum Gasteiger partial charge on any atom is 0.339 e. The molecule has 1 saturated carbocycles. The van der Waals surface area contributed by atoms with Gasteiger partial charge >= 0.3 is 11.9 Å². The van der Waals surface area contributed by atoms with Crippen molar-refractivity contribution in [3.05, 3.63) is 34.9 Å². The van der Waals surface area contributed by atoms with Crippen molar-refractivity contribution >= 4 is 23.5 Å². The van der Waals surface area contributed by atoms with Gasteiger partial charge in [0.2, 0.25) is 0 Å². The molecule has 0 aromatic carbocycles. The van der Waals surface area contributed by atoms with Gasteiger partial charge in [0.25, 0.3) is 0 Å². The number of hydrogen-bond donors (Lipinski definition) is 1. The number of aliphatic hydroxyl groups is 1. The van der Waals surface area contributed by atoms with E-state index in [1.165, 1.54) is 16.7 Å². The SMILES string of the molecule is CCCCCC(=O)OCC(O)C(=O)OCC(=O)[C@H]1CC[C@H]2C3=C(CC[C@]12C)[C@@]1(C)C=CC(=O)C=C1CC3. The summed E-state index contributed by atoms with van der Waals surface area (Å²) in [6, 6.07) is 0. The van der Waals surface area contributed by atoms with Crippen molar-refractivity contribution < 1.29 is 33.8 Å². The van der Waals surface area contributed by atoms with Gasteiger partial charge in [0.05, 0.1) is 0 Å². The van der Waals surface area contributed by atoms with Crippen LogP contribution in [-0.2, 0) is 28.7 Å². The van der Waals surface area contributed by atoms with Crippen LogP contribution in [0.15, 0.2) is 34.9 Å². The number of ketones is 2. The Balaban J connectivity index is 1.34. The number of carbonyl (C=O) groups excluding carboxylic acids is 4. The third-order valence-electron chi connectivity index (χ3n) is 9.32. The molecule has 4 aliphatic carbocycles. The zero-order valence-corrected chi connectivity index (χ0v) is 22.3. The highest BCUT2D eigenvalue weighted by atomic mass is 16.6. The minimum absolute atomic E-state index is 0.0634. The molecule has 4 rings (SSSR count). The van der Waals surface area contributed by atoms with E-state index in [0.29, 0.717) is 12.3 Å². The summed E-state index contributed by atoms with van der Waals surface area (Å²) >= 11 is 0. The van der Waals surface area contributed by atoms with Gasteiger partial charge in [-0.25, -0.2) is 4.79 Å². The van der Waals surface area contributed by atoms with E-state index in [4.69, 9.17) is 9.47 Å². The van der Waals surface area contributed by atoms with Gasteiger partial charge in [-0.2, -0.15) is 0 Å². The molecule has 202 valence electrons. The van der Waals surface area contributed by atoms with Crippen LogP contribution in [0, 0.1) is 22.7 Å². The van der Waals surface area contributed by atoms with Gasteiger partial charge in [-0.15, -0.1) is 0 Å². The number of carbonyl (C=O) groups is 4. The molecule has 0 spiro atoms. The summed E-state index contributed by atoms with van der Waals surface area (Å²) < 4.78 is 10.1. The van der Waals surface area contributed by atoms with Gasteiger partial charge in [0.1, 0.15) is 13.2 Å². The summed E-state index contributed by atoms with van der Waals surface area (Å²) in [6.45, 7) is 5.59. The topological polar surface area (TPSA) is 107 Å². The fourth-order valence-corrected chi connectivity index (χ4v) is 7.16. The number of fused-ring (bicyclic) bond motifs is 4. The molecule has 0 bridgehead atoms. The van der Waals surface area contributed by atoms with Crippen molar-refractivity contribution in [1.82, 2.24) is 0 Å². The van der Waals surface area contributed by atoms with E-state index in [9.17, 15) is 24.3 Å². The Morgan fingerprint density at radius 2 is 1.89 bits per heavy atom. The number of unbranched alkanes of at least 4 members (excludes halogenated alkanes) is 2. The molecule has 7 nitrogen and oxygen atoms in total. The molecule has 0 heterocycles. The average Bonchev–Trinajstić information content (AvgIpc) is 3.23. The Hall–Kier alpha value is -2.54. The van der Waals surface area contributed by atoms with E-state index in [1.54, 1.807) is 12.2 Å². The van der Waals surface area contributed by atoms with Crippen LogP contribution >= 0.6 is 0 Å². The Kier molecular flexibility index (Phi) is 8.22. The molecule has 4 aliphatic rings. The van der Waals surface area contributed by atoms with E-state index in [1.807, 2.05) is 6.92 Å². The standard InChI is InChI=1S/C30H40O7/c1-4-5-6-7-27(34)36-18-26(33)28(35)37-17-25(32)24-11-10-22-21-9-8-19-16-20(31)12-14-29(19,2)23(21)13-15-30(22,24)3/h12,14,16,22,24,26,33H,4-11,13,15,17-18H2,1-3H3/t22-,24+,26?,29-,30-/m0/s1. The second-order valence-electron chi connectivity index (χ2n) is 11.5. The molecular formula is C30H40O7. The summed E-state index contributed by atoms with van der Waals surface area (Å²) in [5, 5.41) is 10.0. The summed E-state index contributed by atoms with van der Waals surface area (Å²) in [5.74, 6) is -1.35. The summed E-state index contributed by atoms with van der Waals surface area (Å²) in [5.41, 5.74) is 3.68. The highest BCUT2D eigenvalue weighted by Gasteiger charge is 2.55. The van der Waals surface area contributed by atoms with Crippen molar-refractivity contribution in [3.63, 3.8) is 0 Å². The summed E-state index contributed by atoms with van der Waals surface area (Å²) in [4.78, 5) is 49.1. The number of ether oxygens (including phenoxy) is 2. The Morgan fingerprint density at radius 3 is 2.65 bits per heavy atom. The molecule has 0 amide bonds. The predicted octanol–water partition coefficient (Wildman–Crippen LogP) is 4.57. The maximum absolute atomic E-state index is 13.2. The molecular weight excluding hydrogens is 472 g/mol.